The summed E-state index contributed by atoms with van der Waals surface area (Å²) in [5.74, 6) is -3.29. The zero-order chi connectivity index (χ0) is 37.2. The molecule has 2 fully saturated rings. The lowest BCUT2D eigenvalue weighted by Gasteiger charge is -2.36. The number of hydrogen-bond donors (Lipinski definition) is 1. The van der Waals surface area contributed by atoms with Gasteiger partial charge < -0.3 is 14.6 Å². The second-order valence-corrected chi connectivity index (χ2v) is 13.5. The van der Waals surface area contributed by atoms with Crippen molar-refractivity contribution in [2.75, 3.05) is 20.3 Å². The molecule has 0 radical (unpaired) electrons. The predicted octanol–water partition coefficient (Wildman–Crippen LogP) is 6.27. The van der Waals surface area contributed by atoms with E-state index in [1.807, 2.05) is 103 Å². The molecule has 2 bridgehead atoms. The van der Waals surface area contributed by atoms with E-state index in [9.17, 15) is 19.5 Å². The minimum absolute atomic E-state index is 0.0877. The van der Waals surface area contributed by atoms with E-state index in [2.05, 4.69) is 4.98 Å². The van der Waals surface area contributed by atoms with Crippen molar-refractivity contribution < 1.29 is 29.0 Å². The Hall–Kier alpha value is -6.45. The zero-order valence-corrected chi connectivity index (χ0v) is 29.5. The maximum absolute atomic E-state index is 14.6. The number of nitrogens with zero attached hydrogens (tertiary/aromatic N) is 3. The van der Waals surface area contributed by atoms with E-state index in [0.29, 0.717) is 28.3 Å². The van der Waals surface area contributed by atoms with Crippen LogP contribution in [-0.4, -0.2) is 58.0 Å². The van der Waals surface area contributed by atoms with Gasteiger partial charge in [-0.05, 0) is 70.3 Å². The molecule has 268 valence electrons. The minimum atomic E-state index is -1.72. The molecular formula is C45H37N3O6. The third kappa shape index (κ3) is 6.02. The molecule has 8 rings (SSSR count). The average molecular weight is 716 g/mol. The minimum Gasteiger partial charge on any atom is -0.497 e. The number of carbonyl (C=O) groups excluding carboxylic acids is 3. The average Bonchev–Trinajstić information content (AvgIpc) is 3.84. The lowest BCUT2D eigenvalue weighted by Crippen LogP contribution is -2.39. The number of hydrogen-bond acceptors (Lipinski definition) is 8. The number of methoxy groups -OCH3 is 1. The van der Waals surface area contributed by atoms with Gasteiger partial charge in [-0.15, -0.1) is 0 Å². The Kier molecular flexibility index (Phi) is 9.31. The first-order chi connectivity index (χ1) is 26.4. The van der Waals surface area contributed by atoms with Crippen LogP contribution in [0.4, 0.5) is 0 Å². The summed E-state index contributed by atoms with van der Waals surface area (Å²) in [5, 5.41) is 13.1. The monoisotopic (exact) mass is 715 g/mol. The molecule has 1 unspecified atom stereocenters. The molecule has 2 aromatic heterocycles. The quantitative estimate of drug-likeness (QED) is 0.0737. The summed E-state index contributed by atoms with van der Waals surface area (Å²) in [4.78, 5) is 52.2. The summed E-state index contributed by atoms with van der Waals surface area (Å²) in [6.07, 6.45) is 8.28. The molecule has 2 amide bonds. The largest absolute Gasteiger partial charge is 0.497 e. The third-order valence-corrected chi connectivity index (χ3v) is 10.6. The van der Waals surface area contributed by atoms with Crippen molar-refractivity contribution in [3.63, 3.8) is 0 Å². The van der Waals surface area contributed by atoms with Crippen molar-refractivity contribution in [3.05, 3.63) is 185 Å². The molecule has 3 aliphatic rings. The van der Waals surface area contributed by atoms with Gasteiger partial charge >= 0.3 is 5.97 Å². The molecule has 1 saturated heterocycles. The Labute approximate surface area is 312 Å². The first kappa shape index (κ1) is 34.6. The molecular weight excluding hydrogens is 679 g/mol. The van der Waals surface area contributed by atoms with Crippen LogP contribution in [0.25, 0.3) is 11.6 Å². The zero-order valence-electron chi connectivity index (χ0n) is 29.5. The molecule has 2 aliphatic carbocycles. The van der Waals surface area contributed by atoms with Crippen LogP contribution in [0.15, 0.2) is 157 Å². The molecule has 5 atom stereocenters. The van der Waals surface area contributed by atoms with Crippen LogP contribution in [0.1, 0.15) is 28.1 Å². The number of benzene rings is 3. The molecule has 5 aromatic rings. The van der Waals surface area contributed by atoms with Gasteiger partial charge in [0, 0.05) is 35.9 Å². The van der Waals surface area contributed by atoms with Crippen molar-refractivity contribution in [2.45, 2.75) is 5.60 Å². The molecule has 3 aromatic carbocycles. The number of ether oxygens (including phenoxy) is 2. The summed E-state index contributed by atoms with van der Waals surface area (Å²) in [7, 11) is 1.58. The van der Waals surface area contributed by atoms with Gasteiger partial charge in [-0.2, -0.15) is 0 Å². The van der Waals surface area contributed by atoms with Crippen molar-refractivity contribution in [1.82, 2.24) is 14.9 Å². The van der Waals surface area contributed by atoms with Gasteiger partial charge in [0.2, 0.25) is 11.8 Å². The number of aromatic nitrogens is 2. The van der Waals surface area contributed by atoms with Crippen LogP contribution < -0.4 is 4.74 Å². The number of fused-ring (bicyclic) bond motifs is 5. The Balaban J connectivity index is 1.17. The van der Waals surface area contributed by atoms with Gasteiger partial charge in [-0.25, -0.2) is 4.79 Å². The molecule has 3 heterocycles. The summed E-state index contributed by atoms with van der Waals surface area (Å²) in [5.41, 5.74) is 3.96. The fourth-order valence-electron chi connectivity index (χ4n) is 8.30. The van der Waals surface area contributed by atoms with Crippen LogP contribution in [0.3, 0.4) is 0 Å². The van der Waals surface area contributed by atoms with Crippen molar-refractivity contribution in [2.24, 2.45) is 23.7 Å². The number of carbonyl (C=O) groups is 3. The smallest absolute Gasteiger partial charge is 0.330 e. The van der Waals surface area contributed by atoms with Gasteiger partial charge in [0.05, 0.1) is 36.9 Å². The Morgan fingerprint density at radius 3 is 2.15 bits per heavy atom. The SMILES string of the molecule is COc1ccc(/C=C/C(=O)OCCN2C(=O)[C@@H]3[C@H](C2=O)[C@@H]2C(C(O)(c4ccccc4)c4ccccn4)=C[C@H]3/C2=C(/c2ccccc2)c2ccccn2)cc1. The van der Waals surface area contributed by atoms with E-state index in [-0.39, 0.29) is 25.0 Å². The molecule has 9 heteroatoms. The molecule has 9 nitrogen and oxygen atoms in total. The summed E-state index contributed by atoms with van der Waals surface area (Å²) < 4.78 is 10.6. The number of rotatable bonds is 11. The second-order valence-electron chi connectivity index (χ2n) is 13.5. The van der Waals surface area contributed by atoms with Gasteiger partial charge in [-0.1, -0.05) is 91.0 Å². The number of allylic oxidation sites excluding steroid dienone is 2. The fourth-order valence-corrected chi connectivity index (χ4v) is 8.30. The highest BCUT2D eigenvalue weighted by molar-refractivity contribution is 6.08. The van der Waals surface area contributed by atoms with E-state index in [1.165, 1.54) is 11.0 Å². The molecule has 1 aliphatic heterocycles. The summed E-state index contributed by atoms with van der Waals surface area (Å²) in [6, 6.07) is 37.4. The van der Waals surface area contributed by atoms with Crippen LogP contribution in [-0.2, 0) is 24.7 Å². The van der Waals surface area contributed by atoms with E-state index in [1.54, 1.807) is 49.8 Å². The highest BCUT2D eigenvalue weighted by Crippen LogP contribution is 2.64. The Morgan fingerprint density at radius 1 is 0.815 bits per heavy atom. The molecule has 0 spiro atoms. The van der Waals surface area contributed by atoms with Gasteiger partial charge in [0.1, 0.15) is 12.4 Å². The molecule has 54 heavy (non-hydrogen) atoms. The van der Waals surface area contributed by atoms with Crippen molar-refractivity contribution >= 4 is 29.4 Å². The van der Waals surface area contributed by atoms with E-state index < -0.39 is 35.2 Å². The summed E-state index contributed by atoms with van der Waals surface area (Å²) >= 11 is 0. The first-order valence-corrected chi connectivity index (χ1v) is 17.9. The topological polar surface area (TPSA) is 119 Å². The molecule has 1 saturated carbocycles. The Morgan fingerprint density at radius 2 is 1.48 bits per heavy atom. The van der Waals surface area contributed by atoms with Gasteiger partial charge in [0.25, 0.3) is 0 Å². The number of esters is 1. The highest BCUT2D eigenvalue weighted by Gasteiger charge is 2.66. The molecule has 1 N–H and O–H groups in total. The number of amides is 2. The number of pyridine rings is 2. The number of likely N-dealkylation sites (tertiary alicyclic amines) is 1. The lowest BCUT2D eigenvalue weighted by atomic mass is 9.71. The van der Waals surface area contributed by atoms with Crippen molar-refractivity contribution in [3.8, 4) is 5.75 Å². The van der Waals surface area contributed by atoms with Gasteiger partial charge in [-0.3, -0.25) is 24.5 Å². The maximum atomic E-state index is 14.6. The lowest BCUT2D eigenvalue weighted by molar-refractivity contribution is -0.145. The van der Waals surface area contributed by atoms with Gasteiger partial charge in [0.15, 0.2) is 5.60 Å². The fraction of sp³-hybridized carbons (Fsp3) is 0.178. The normalized spacial score (nSPS) is 22.2. The summed E-state index contributed by atoms with van der Waals surface area (Å²) in [6.45, 7) is -0.248. The highest BCUT2D eigenvalue weighted by atomic mass is 16.5. The van der Waals surface area contributed by atoms with Crippen LogP contribution >= 0.6 is 0 Å². The van der Waals surface area contributed by atoms with Crippen LogP contribution in [0.2, 0.25) is 0 Å². The predicted molar refractivity (Wildman–Crippen MR) is 202 cm³/mol. The maximum Gasteiger partial charge on any atom is 0.330 e. The second kappa shape index (κ2) is 14.5. The third-order valence-electron chi connectivity index (χ3n) is 10.6. The number of imide groups is 1. The van der Waals surface area contributed by atoms with Crippen LogP contribution in [0.5, 0.6) is 5.75 Å². The number of aliphatic hydroxyl groups is 1. The Bertz CT molecular complexity index is 2190. The van der Waals surface area contributed by atoms with Crippen LogP contribution in [0, 0.1) is 23.7 Å². The van der Waals surface area contributed by atoms with E-state index in [4.69, 9.17) is 14.5 Å². The first-order valence-electron chi connectivity index (χ1n) is 17.9. The van der Waals surface area contributed by atoms with E-state index >= 15 is 0 Å². The standard InChI is InChI=1S/C45H37N3O6/c1-53-32-21-18-29(19-22-32)20-23-37(49)54-27-26-48-43(50)40-33-28-34(45(52,31-14-6-3-7-15-31)36-17-9-11-25-47-36)41(42(40)44(48)51)39(33)38(30-12-4-2-5-13-30)35-16-8-10-24-46-35/h2-25,28,33,40-42,52H,26-27H2,1H3/b23-20+,39-38+/t33-,40-,41+,42-,45?/m0/s1. The van der Waals surface area contributed by atoms with Crippen molar-refractivity contribution in [1.29, 1.82) is 0 Å². The van der Waals surface area contributed by atoms with E-state index in [0.717, 1.165) is 22.3 Å².